The number of nitrogens with one attached hydrogen (secondary N) is 2. The van der Waals surface area contributed by atoms with E-state index in [2.05, 4.69) is 29.6 Å². The number of hydrogen-bond acceptors (Lipinski definition) is 2. The smallest absolute Gasteiger partial charge is 0.258 e. The number of fused-ring (bicyclic) bond motifs is 1. The highest BCUT2D eigenvalue weighted by molar-refractivity contribution is 5.98. The van der Waals surface area contributed by atoms with E-state index in [0.717, 1.165) is 32.5 Å². The second kappa shape index (κ2) is 5.70. The van der Waals surface area contributed by atoms with Crippen LogP contribution in [0.25, 0.3) is 0 Å². The third-order valence-corrected chi connectivity index (χ3v) is 4.84. The Bertz CT molecular complexity index is 706. The molecule has 2 aromatic carbocycles. The molecule has 1 saturated heterocycles. The van der Waals surface area contributed by atoms with Crippen LogP contribution in [-0.2, 0) is 6.54 Å². The lowest BCUT2D eigenvalue weighted by molar-refractivity contribution is -0.921. The van der Waals surface area contributed by atoms with Gasteiger partial charge in [0.15, 0.2) is 5.72 Å². The normalized spacial score (nSPS) is 26.3. The summed E-state index contributed by atoms with van der Waals surface area (Å²) in [6.45, 7) is 3.02. The Kier molecular flexibility index (Phi) is 3.54. The van der Waals surface area contributed by atoms with Crippen LogP contribution in [0.5, 0.6) is 5.75 Å². The Labute approximate surface area is 136 Å². The second-order valence-corrected chi connectivity index (χ2v) is 6.46. The third kappa shape index (κ3) is 2.82. The lowest BCUT2D eigenvalue weighted by Crippen LogP contribution is -3.12. The van der Waals surface area contributed by atoms with E-state index in [9.17, 15) is 4.79 Å². The van der Waals surface area contributed by atoms with Crippen LogP contribution >= 0.6 is 0 Å². The lowest BCUT2D eigenvalue weighted by atomic mass is 9.96. The van der Waals surface area contributed by atoms with Crippen LogP contribution in [0.15, 0.2) is 54.6 Å². The Morgan fingerprint density at radius 2 is 1.70 bits per heavy atom. The maximum absolute atomic E-state index is 12.3. The largest absolute Gasteiger partial charge is 0.467 e. The number of likely N-dealkylation sites (tertiary alicyclic amines) is 1. The molecule has 0 saturated carbocycles. The van der Waals surface area contributed by atoms with E-state index < -0.39 is 5.72 Å². The van der Waals surface area contributed by atoms with Crippen molar-refractivity contribution in [3.8, 4) is 5.75 Å². The molecule has 2 aliphatic heterocycles. The standard InChI is InChI=1S/C19H20N2O2/c22-18-16-8-4-5-9-17(16)23-19(20-18)10-12-21(13-11-19)14-15-6-2-1-3-7-15/h1-9H,10-14H2,(H,20,22)/p+1. The first kappa shape index (κ1) is 14.3. The zero-order valence-electron chi connectivity index (χ0n) is 13.0. The molecule has 0 aromatic heterocycles. The average molecular weight is 309 g/mol. The van der Waals surface area contributed by atoms with Gasteiger partial charge >= 0.3 is 0 Å². The van der Waals surface area contributed by atoms with Crippen molar-refractivity contribution in [2.24, 2.45) is 0 Å². The van der Waals surface area contributed by atoms with Crippen LogP contribution in [0.1, 0.15) is 28.8 Å². The van der Waals surface area contributed by atoms with Crippen molar-refractivity contribution in [1.82, 2.24) is 5.32 Å². The molecule has 23 heavy (non-hydrogen) atoms. The number of piperidine rings is 1. The minimum atomic E-state index is -0.522. The summed E-state index contributed by atoms with van der Waals surface area (Å²) in [5.41, 5.74) is 1.47. The Morgan fingerprint density at radius 1 is 1.00 bits per heavy atom. The summed E-state index contributed by atoms with van der Waals surface area (Å²) in [5, 5.41) is 3.10. The number of carbonyl (C=O) groups is 1. The minimum Gasteiger partial charge on any atom is -0.467 e. The van der Waals surface area contributed by atoms with Crippen LogP contribution in [0.2, 0.25) is 0 Å². The summed E-state index contributed by atoms with van der Waals surface area (Å²) in [4.78, 5) is 13.9. The molecule has 1 spiro atoms. The highest BCUT2D eigenvalue weighted by atomic mass is 16.5. The van der Waals surface area contributed by atoms with Crippen molar-refractivity contribution in [1.29, 1.82) is 0 Å². The maximum Gasteiger partial charge on any atom is 0.258 e. The summed E-state index contributed by atoms with van der Waals surface area (Å²) >= 11 is 0. The number of benzene rings is 2. The van der Waals surface area contributed by atoms with Crippen molar-refractivity contribution >= 4 is 5.91 Å². The van der Waals surface area contributed by atoms with Gasteiger partial charge in [-0.15, -0.1) is 0 Å². The predicted octanol–water partition coefficient (Wildman–Crippen LogP) is 1.38. The van der Waals surface area contributed by atoms with Gasteiger partial charge in [-0.25, -0.2) is 0 Å². The van der Waals surface area contributed by atoms with Crippen molar-refractivity contribution < 1.29 is 14.4 Å². The predicted molar refractivity (Wildman–Crippen MR) is 87.3 cm³/mol. The van der Waals surface area contributed by atoms with Gasteiger partial charge in [-0.2, -0.15) is 0 Å². The zero-order valence-corrected chi connectivity index (χ0v) is 13.0. The van der Waals surface area contributed by atoms with Gasteiger partial charge in [-0.1, -0.05) is 42.5 Å². The monoisotopic (exact) mass is 309 g/mol. The van der Waals surface area contributed by atoms with Crippen molar-refractivity contribution in [3.05, 3.63) is 65.7 Å². The summed E-state index contributed by atoms with van der Waals surface area (Å²) in [6, 6.07) is 18.1. The zero-order chi connectivity index (χ0) is 15.7. The number of carbonyl (C=O) groups excluding carboxylic acids is 1. The van der Waals surface area contributed by atoms with E-state index in [1.165, 1.54) is 5.56 Å². The molecule has 4 rings (SSSR count). The van der Waals surface area contributed by atoms with E-state index in [4.69, 9.17) is 4.74 Å². The quantitative estimate of drug-likeness (QED) is 0.880. The van der Waals surface area contributed by atoms with Gasteiger partial charge in [0.1, 0.15) is 12.3 Å². The summed E-state index contributed by atoms with van der Waals surface area (Å²) in [5.74, 6) is 0.695. The fourth-order valence-corrected chi connectivity index (χ4v) is 3.55. The summed E-state index contributed by atoms with van der Waals surface area (Å²) in [6.07, 6.45) is 1.69. The molecular formula is C19H21N2O2+. The Balaban J connectivity index is 1.44. The van der Waals surface area contributed by atoms with Gasteiger partial charge in [0.05, 0.1) is 31.5 Å². The van der Waals surface area contributed by atoms with Crippen LogP contribution in [0.4, 0.5) is 0 Å². The Hall–Kier alpha value is -2.33. The molecule has 2 N–H and O–H groups in total. The molecule has 0 atom stereocenters. The highest BCUT2D eigenvalue weighted by Crippen LogP contribution is 2.31. The van der Waals surface area contributed by atoms with Crippen molar-refractivity contribution in [2.75, 3.05) is 13.1 Å². The summed E-state index contributed by atoms with van der Waals surface area (Å²) < 4.78 is 6.18. The molecule has 2 heterocycles. The first-order valence-electron chi connectivity index (χ1n) is 8.22. The molecule has 2 aromatic rings. The number of amides is 1. The lowest BCUT2D eigenvalue weighted by Gasteiger charge is -2.43. The van der Waals surface area contributed by atoms with Crippen LogP contribution in [-0.4, -0.2) is 24.7 Å². The average Bonchev–Trinajstić information content (AvgIpc) is 2.58. The van der Waals surface area contributed by atoms with Gasteiger partial charge in [-0.3, -0.25) is 4.79 Å². The molecule has 0 aliphatic carbocycles. The Morgan fingerprint density at radius 3 is 2.48 bits per heavy atom. The fraction of sp³-hybridized carbons (Fsp3) is 0.316. The van der Waals surface area contributed by atoms with Gasteiger partial charge in [0.2, 0.25) is 0 Å². The topological polar surface area (TPSA) is 42.8 Å². The maximum atomic E-state index is 12.3. The van der Waals surface area contributed by atoms with Gasteiger partial charge in [0, 0.05) is 5.56 Å². The molecule has 0 radical (unpaired) electrons. The van der Waals surface area contributed by atoms with E-state index in [1.807, 2.05) is 30.3 Å². The van der Waals surface area contributed by atoms with Crippen LogP contribution < -0.4 is 15.0 Å². The molecular weight excluding hydrogens is 288 g/mol. The van der Waals surface area contributed by atoms with Gasteiger partial charge in [0.25, 0.3) is 5.91 Å². The van der Waals surface area contributed by atoms with E-state index >= 15 is 0 Å². The molecule has 4 heteroatoms. The third-order valence-electron chi connectivity index (χ3n) is 4.84. The molecule has 0 unspecified atom stereocenters. The number of quaternary nitrogens is 1. The second-order valence-electron chi connectivity index (χ2n) is 6.46. The summed E-state index contributed by atoms with van der Waals surface area (Å²) in [7, 11) is 0. The molecule has 118 valence electrons. The first-order valence-corrected chi connectivity index (χ1v) is 8.22. The van der Waals surface area contributed by atoms with E-state index in [0.29, 0.717) is 11.3 Å². The molecule has 1 amide bonds. The first-order chi connectivity index (χ1) is 11.2. The SMILES string of the molecule is O=C1NC2(CC[NH+](Cc3ccccc3)CC2)Oc2ccccc21. The van der Waals surface area contributed by atoms with E-state index in [-0.39, 0.29) is 5.91 Å². The van der Waals surface area contributed by atoms with Gasteiger partial charge < -0.3 is 15.0 Å². The van der Waals surface area contributed by atoms with Crippen LogP contribution in [0, 0.1) is 0 Å². The van der Waals surface area contributed by atoms with Crippen molar-refractivity contribution in [2.45, 2.75) is 25.1 Å². The number of hydrogen-bond donors (Lipinski definition) is 2. The highest BCUT2D eigenvalue weighted by Gasteiger charge is 2.43. The number of ether oxygens (including phenoxy) is 1. The van der Waals surface area contributed by atoms with E-state index in [1.54, 1.807) is 4.90 Å². The van der Waals surface area contributed by atoms with Gasteiger partial charge in [-0.05, 0) is 12.1 Å². The van der Waals surface area contributed by atoms with Crippen LogP contribution in [0.3, 0.4) is 0 Å². The number of para-hydroxylation sites is 1. The minimum absolute atomic E-state index is 0.0154. The number of rotatable bonds is 2. The molecule has 0 bridgehead atoms. The fourth-order valence-electron chi connectivity index (χ4n) is 3.55. The molecule has 4 nitrogen and oxygen atoms in total. The van der Waals surface area contributed by atoms with Crippen molar-refractivity contribution in [3.63, 3.8) is 0 Å². The molecule has 2 aliphatic rings. The molecule has 1 fully saturated rings.